The molecule has 1 rings (SSSR count). The standard InChI is InChI=1S/C12H14F4N2O2/c1-8(6-20-2)18(7-12(14,15)16)11(19)9-3-4-17-5-10(9)13/h3-5,8H,6-7H2,1-2H3. The Labute approximate surface area is 113 Å². The smallest absolute Gasteiger partial charge is 0.383 e. The third kappa shape index (κ3) is 4.44. The zero-order chi connectivity index (χ0) is 15.3. The van der Waals surface area contributed by atoms with Crippen LogP contribution in [0.3, 0.4) is 0 Å². The van der Waals surface area contributed by atoms with Crippen LogP contribution in [-0.4, -0.2) is 48.3 Å². The van der Waals surface area contributed by atoms with Crippen LogP contribution in [0.15, 0.2) is 18.5 Å². The van der Waals surface area contributed by atoms with Crippen LogP contribution < -0.4 is 0 Å². The number of carbonyl (C=O) groups excluding carboxylic acids is 1. The Morgan fingerprint density at radius 2 is 2.15 bits per heavy atom. The molecule has 0 saturated carbocycles. The normalized spacial score (nSPS) is 13.1. The fourth-order valence-corrected chi connectivity index (χ4v) is 1.66. The maximum atomic E-state index is 13.5. The lowest BCUT2D eigenvalue weighted by molar-refractivity contribution is -0.145. The second-order valence-electron chi connectivity index (χ2n) is 4.21. The summed E-state index contributed by atoms with van der Waals surface area (Å²) in [4.78, 5) is 16.0. The van der Waals surface area contributed by atoms with E-state index in [-0.39, 0.29) is 6.61 Å². The Bertz CT molecular complexity index is 465. The highest BCUT2D eigenvalue weighted by Crippen LogP contribution is 2.20. The summed E-state index contributed by atoms with van der Waals surface area (Å²) in [5.41, 5.74) is -0.452. The van der Waals surface area contributed by atoms with Gasteiger partial charge in [-0.3, -0.25) is 9.78 Å². The molecule has 4 nitrogen and oxygen atoms in total. The maximum Gasteiger partial charge on any atom is 0.406 e. The minimum Gasteiger partial charge on any atom is -0.383 e. The lowest BCUT2D eigenvalue weighted by Gasteiger charge is -2.29. The molecule has 0 N–H and O–H groups in total. The van der Waals surface area contributed by atoms with E-state index < -0.39 is 36.1 Å². The number of carbonyl (C=O) groups is 1. The van der Waals surface area contributed by atoms with Gasteiger partial charge in [-0.25, -0.2) is 4.39 Å². The Kier molecular flexibility index (Phi) is 5.43. The van der Waals surface area contributed by atoms with Crippen molar-refractivity contribution in [1.82, 2.24) is 9.88 Å². The van der Waals surface area contributed by atoms with Gasteiger partial charge in [0.25, 0.3) is 5.91 Å². The van der Waals surface area contributed by atoms with Crippen LogP contribution in [0.1, 0.15) is 17.3 Å². The Morgan fingerprint density at radius 1 is 1.50 bits per heavy atom. The molecule has 0 aliphatic rings. The number of hydrogen-bond acceptors (Lipinski definition) is 3. The van der Waals surface area contributed by atoms with Crippen LogP contribution in [0.5, 0.6) is 0 Å². The van der Waals surface area contributed by atoms with E-state index in [1.807, 2.05) is 0 Å². The molecule has 8 heteroatoms. The summed E-state index contributed by atoms with van der Waals surface area (Å²) in [6, 6.07) is 0.197. The van der Waals surface area contributed by atoms with Crippen LogP contribution >= 0.6 is 0 Å². The number of alkyl halides is 3. The molecule has 1 atom stereocenters. The van der Waals surface area contributed by atoms with E-state index in [0.717, 1.165) is 18.5 Å². The summed E-state index contributed by atoms with van der Waals surface area (Å²) in [6.45, 7) is -0.168. The van der Waals surface area contributed by atoms with Crippen LogP contribution in [0.2, 0.25) is 0 Å². The Hall–Kier alpha value is -1.70. The SMILES string of the molecule is COCC(C)N(CC(F)(F)F)C(=O)c1ccncc1F. The maximum absolute atomic E-state index is 13.5. The highest BCUT2D eigenvalue weighted by atomic mass is 19.4. The molecule has 0 spiro atoms. The summed E-state index contributed by atoms with van der Waals surface area (Å²) >= 11 is 0. The van der Waals surface area contributed by atoms with Crippen LogP contribution in [0, 0.1) is 5.82 Å². The Balaban J connectivity index is 3.04. The second kappa shape index (κ2) is 6.65. The highest BCUT2D eigenvalue weighted by Gasteiger charge is 2.36. The van der Waals surface area contributed by atoms with E-state index in [9.17, 15) is 22.4 Å². The van der Waals surface area contributed by atoms with Gasteiger partial charge in [0.2, 0.25) is 0 Å². The zero-order valence-corrected chi connectivity index (χ0v) is 10.9. The topological polar surface area (TPSA) is 42.4 Å². The molecule has 112 valence electrons. The molecule has 0 radical (unpaired) electrons. The number of methoxy groups -OCH3 is 1. The molecule has 0 fully saturated rings. The number of rotatable bonds is 5. The quantitative estimate of drug-likeness (QED) is 0.782. The molecule has 1 unspecified atom stereocenters. The van der Waals surface area contributed by atoms with Crippen molar-refractivity contribution in [2.45, 2.75) is 19.1 Å². The number of nitrogens with zero attached hydrogens (tertiary/aromatic N) is 2. The summed E-state index contributed by atoms with van der Waals surface area (Å²) in [5, 5.41) is 0. The third-order valence-corrected chi connectivity index (χ3v) is 2.55. The lowest BCUT2D eigenvalue weighted by atomic mass is 10.2. The van der Waals surface area contributed by atoms with Crippen molar-refractivity contribution in [3.8, 4) is 0 Å². The summed E-state index contributed by atoms with van der Waals surface area (Å²) in [6.07, 6.45) is -2.66. The Morgan fingerprint density at radius 3 is 2.65 bits per heavy atom. The summed E-state index contributed by atoms with van der Waals surface area (Å²) in [5.74, 6) is -2.01. The van der Waals surface area contributed by atoms with Crippen molar-refractivity contribution in [3.63, 3.8) is 0 Å². The van der Waals surface area contributed by atoms with Gasteiger partial charge in [0, 0.05) is 13.3 Å². The third-order valence-electron chi connectivity index (χ3n) is 2.55. The van der Waals surface area contributed by atoms with Gasteiger partial charge in [-0.15, -0.1) is 0 Å². The average molecular weight is 294 g/mol. The number of aromatic nitrogens is 1. The molecular weight excluding hydrogens is 280 g/mol. The fourth-order valence-electron chi connectivity index (χ4n) is 1.66. The monoisotopic (exact) mass is 294 g/mol. The van der Waals surface area contributed by atoms with Gasteiger partial charge in [-0.1, -0.05) is 0 Å². The molecule has 1 heterocycles. The van der Waals surface area contributed by atoms with Crippen LogP contribution in [0.25, 0.3) is 0 Å². The van der Waals surface area contributed by atoms with E-state index in [1.165, 1.54) is 14.0 Å². The zero-order valence-electron chi connectivity index (χ0n) is 10.9. The predicted octanol–water partition coefficient (Wildman–Crippen LogP) is 2.26. The second-order valence-corrected chi connectivity index (χ2v) is 4.21. The van der Waals surface area contributed by atoms with E-state index in [0.29, 0.717) is 4.90 Å². The van der Waals surface area contributed by atoms with Crippen LogP contribution in [-0.2, 0) is 4.74 Å². The predicted molar refractivity (Wildman–Crippen MR) is 62.6 cm³/mol. The first-order chi connectivity index (χ1) is 9.26. The number of ether oxygens (including phenoxy) is 1. The first-order valence-electron chi connectivity index (χ1n) is 5.72. The van der Waals surface area contributed by atoms with Gasteiger partial charge < -0.3 is 9.64 Å². The van der Waals surface area contributed by atoms with Gasteiger partial charge >= 0.3 is 6.18 Å². The van der Waals surface area contributed by atoms with Crippen molar-refractivity contribution in [3.05, 3.63) is 29.8 Å². The molecule has 1 amide bonds. The van der Waals surface area contributed by atoms with E-state index in [4.69, 9.17) is 4.74 Å². The molecule has 0 saturated heterocycles. The first-order valence-corrected chi connectivity index (χ1v) is 5.72. The fraction of sp³-hybridized carbons (Fsp3) is 0.500. The van der Waals surface area contributed by atoms with Gasteiger partial charge in [-0.05, 0) is 13.0 Å². The number of pyridine rings is 1. The highest BCUT2D eigenvalue weighted by molar-refractivity contribution is 5.94. The van der Waals surface area contributed by atoms with Crippen LogP contribution in [0.4, 0.5) is 17.6 Å². The molecular formula is C12H14F4N2O2. The van der Waals surface area contributed by atoms with Crippen molar-refractivity contribution < 1.29 is 27.1 Å². The molecule has 20 heavy (non-hydrogen) atoms. The minimum absolute atomic E-state index is 0.0888. The van der Waals surface area contributed by atoms with E-state index in [1.54, 1.807) is 0 Å². The largest absolute Gasteiger partial charge is 0.406 e. The molecule has 0 bridgehead atoms. The number of halogens is 4. The van der Waals surface area contributed by atoms with Crippen molar-refractivity contribution in [1.29, 1.82) is 0 Å². The molecule has 0 aliphatic heterocycles. The van der Waals surface area contributed by atoms with Gasteiger partial charge in [0.05, 0.1) is 24.4 Å². The average Bonchev–Trinajstić information content (AvgIpc) is 2.35. The van der Waals surface area contributed by atoms with Crippen molar-refractivity contribution in [2.75, 3.05) is 20.3 Å². The van der Waals surface area contributed by atoms with E-state index >= 15 is 0 Å². The minimum atomic E-state index is -4.58. The summed E-state index contributed by atoms with van der Waals surface area (Å²) < 4.78 is 55.8. The first kappa shape index (κ1) is 16.4. The molecule has 0 aliphatic carbocycles. The van der Waals surface area contributed by atoms with Gasteiger partial charge in [-0.2, -0.15) is 13.2 Å². The summed E-state index contributed by atoms with van der Waals surface area (Å²) in [7, 11) is 1.31. The number of amides is 1. The van der Waals surface area contributed by atoms with Gasteiger partial charge in [0.15, 0.2) is 5.82 Å². The van der Waals surface area contributed by atoms with E-state index in [2.05, 4.69) is 4.98 Å². The molecule has 0 aromatic carbocycles. The lowest BCUT2D eigenvalue weighted by Crippen LogP contribution is -2.46. The molecule has 1 aromatic heterocycles. The van der Waals surface area contributed by atoms with Gasteiger partial charge in [0.1, 0.15) is 6.54 Å². The number of hydrogen-bond donors (Lipinski definition) is 0. The van der Waals surface area contributed by atoms with Crippen molar-refractivity contribution in [2.24, 2.45) is 0 Å². The molecule has 1 aromatic rings. The van der Waals surface area contributed by atoms with Crippen molar-refractivity contribution >= 4 is 5.91 Å².